The van der Waals surface area contributed by atoms with Gasteiger partial charge in [-0.1, -0.05) is 12.1 Å². The Morgan fingerprint density at radius 2 is 2.06 bits per heavy atom. The van der Waals surface area contributed by atoms with Gasteiger partial charge in [-0.15, -0.1) is 11.6 Å². The van der Waals surface area contributed by atoms with Crippen molar-refractivity contribution in [1.82, 2.24) is 10.2 Å². The lowest BCUT2D eigenvalue weighted by Gasteiger charge is -2.03. The fourth-order valence-electron chi connectivity index (χ4n) is 1.34. The minimum atomic E-state index is -0.212. The first-order chi connectivity index (χ1) is 7.79. The minimum Gasteiger partial charge on any atom is -0.325 e. The van der Waals surface area contributed by atoms with E-state index in [1.54, 1.807) is 6.20 Å². The van der Waals surface area contributed by atoms with Crippen LogP contribution in [0.15, 0.2) is 36.5 Å². The van der Waals surface area contributed by atoms with Crippen LogP contribution in [0, 0.1) is 0 Å². The fourth-order valence-corrected chi connectivity index (χ4v) is 1.41. The number of nitrogens with one attached hydrogen (secondary N) is 2. The van der Waals surface area contributed by atoms with Crippen LogP contribution in [-0.2, 0) is 4.79 Å². The van der Waals surface area contributed by atoms with Crippen LogP contribution < -0.4 is 5.32 Å². The predicted molar refractivity (Wildman–Crippen MR) is 63.4 cm³/mol. The SMILES string of the molecule is O=C(CCl)Nc1ccc(-c2ccn[nH]2)cc1. The first-order valence-corrected chi connectivity index (χ1v) is 5.28. The van der Waals surface area contributed by atoms with E-state index in [4.69, 9.17) is 11.6 Å². The molecule has 2 rings (SSSR count). The number of carbonyl (C=O) groups excluding carboxylic acids is 1. The van der Waals surface area contributed by atoms with Crippen LogP contribution in [0.3, 0.4) is 0 Å². The first kappa shape index (κ1) is 10.7. The van der Waals surface area contributed by atoms with Crippen molar-refractivity contribution in [3.8, 4) is 11.3 Å². The Bertz CT molecular complexity index is 464. The van der Waals surface area contributed by atoms with Gasteiger partial charge in [0.25, 0.3) is 0 Å². The topological polar surface area (TPSA) is 57.8 Å². The summed E-state index contributed by atoms with van der Waals surface area (Å²) in [4.78, 5) is 11.0. The number of aromatic amines is 1. The van der Waals surface area contributed by atoms with Gasteiger partial charge >= 0.3 is 0 Å². The second kappa shape index (κ2) is 4.81. The number of hydrogen-bond acceptors (Lipinski definition) is 2. The zero-order valence-electron chi connectivity index (χ0n) is 8.40. The van der Waals surface area contributed by atoms with E-state index in [1.165, 1.54) is 0 Å². The molecule has 0 saturated carbocycles. The molecule has 0 radical (unpaired) electrons. The normalized spacial score (nSPS) is 10.1. The van der Waals surface area contributed by atoms with Gasteiger partial charge in [0.1, 0.15) is 5.88 Å². The van der Waals surface area contributed by atoms with Crippen molar-refractivity contribution in [2.75, 3.05) is 11.2 Å². The van der Waals surface area contributed by atoms with Crippen LogP contribution in [0.4, 0.5) is 5.69 Å². The second-order valence-corrected chi connectivity index (χ2v) is 3.50. The highest BCUT2D eigenvalue weighted by molar-refractivity contribution is 6.29. The van der Waals surface area contributed by atoms with Crippen molar-refractivity contribution in [3.05, 3.63) is 36.5 Å². The summed E-state index contributed by atoms with van der Waals surface area (Å²) < 4.78 is 0. The number of nitrogens with zero attached hydrogens (tertiary/aromatic N) is 1. The number of anilines is 1. The van der Waals surface area contributed by atoms with E-state index in [1.807, 2.05) is 30.3 Å². The molecule has 16 heavy (non-hydrogen) atoms. The maximum absolute atomic E-state index is 11.0. The lowest BCUT2D eigenvalue weighted by atomic mass is 10.1. The molecule has 0 aliphatic rings. The average Bonchev–Trinajstić information content (AvgIpc) is 2.83. The maximum Gasteiger partial charge on any atom is 0.239 e. The van der Waals surface area contributed by atoms with Crippen LogP contribution in [0.2, 0.25) is 0 Å². The fraction of sp³-hybridized carbons (Fsp3) is 0.0909. The predicted octanol–water partition coefficient (Wildman–Crippen LogP) is 2.25. The third-order valence-corrected chi connectivity index (χ3v) is 2.34. The molecular formula is C11H10ClN3O. The van der Waals surface area contributed by atoms with Gasteiger partial charge in [-0.3, -0.25) is 9.89 Å². The van der Waals surface area contributed by atoms with Gasteiger partial charge in [-0.2, -0.15) is 5.10 Å². The highest BCUT2D eigenvalue weighted by Gasteiger charge is 2.01. The highest BCUT2D eigenvalue weighted by Crippen LogP contribution is 2.18. The molecule has 0 aliphatic carbocycles. The molecule has 1 aromatic heterocycles. The van der Waals surface area contributed by atoms with Gasteiger partial charge in [0, 0.05) is 11.9 Å². The molecule has 0 aliphatic heterocycles. The summed E-state index contributed by atoms with van der Waals surface area (Å²) in [5.74, 6) is -0.251. The highest BCUT2D eigenvalue weighted by atomic mass is 35.5. The van der Waals surface area contributed by atoms with E-state index in [2.05, 4.69) is 15.5 Å². The number of amides is 1. The van der Waals surface area contributed by atoms with E-state index < -0.39 is 0 Å². The maximum atomic E-state index is 11.0. The average molecular weight is 236 g/mol. The standard InChI is InChI=1S/C11H10ClN3O/c12-7-11(16)14-9-3-1-8(2-4-9)10-5-6-13-15-10/h1-6H,7H2,(H,13,15)(H,14,16). The largest absolute Gasteiger partial charge is 0.325 e. The molecular weight excluding hydrogens is 226 g/mol. The molecule has 2 N–H and O–H groups in total. The van der Waals surface area contributed by atoms with Gasteiger partial charge in [0.05, 0.1) is 5.69 Å². The number of H-pyrrole nitrogens is 1. The number of aromatic nitrogens is 2. The molecule has 0 spiro atoms. The summed E-state index contributed by atoms with van der Waals surface area (Å²) in [7, 11) is 0. The monoisotopic (exact) mass is 235 g/mol. The van der Waals surface area contributed by atoms with Crippen LogP contribution in [0.5, 0.6) is 0 Å². The molecule has 2 aromatic rings. The number of halogens is 1. The first-order valence-electron chi connectivity index (χ1n) is 4.75. The van der Waals surface area contributed by atoms with Gasteiger partial charge in [0.2, 0.25) is 5.91 Å². The van der Waals surface area contributed by atoms with Crippen molar-refractivity contribution in [3.63, 3.8) is 0 Å². The smallest absolute Gasteiger partial charge is 0.239 e. The Morgan fingerprint density at radius 1 is 1.31 bits per heavy atom. The summed E-state index contributed by atoms with van der Waals surface area (Å²) >= 11 is 5.39. The summed E-state index contributed by atoms with van der Waals surface area (Å²) in [5, 5.41) is 9.40. The zero-order valence-corrected chi connectivity index (χ0v) is 9.16. The van der Waals surface area contributed by atoms with Crippen molar-refractivity contribution < 1.29 is 4.79 Å². The van der Waals surface area contributed by atoms with E-state index >= 15 is 0 Å². The van der Waals surface area contributed by atoms with Crippen LogP contribution in [0.25, 0.3) is 11.3 Å². The Morgan fingerprint density at radius 3 is 2.62 bits per heavy atom. The lowest BCUT2D eigenvalue weighted by molar-refractivity contribution is -0.113. The number of rotatable bonds is 3. The molecule has 4 nitrogen and oxygen atoms in total. The number of benzene rings is 1. The molecule has 1 aromatic carbocycles. The molecule has 0 bridgehead atoms. The summed E-state index contributed by atoms with van der Waals surface area (Å²) in [6.07, 6.45) is 1.69. The molecule has 0 saturated heterocycles. The van der Waals surface area contributed by atoms with E-state index in [0.29, 0.717) is 0 Å². The van der Waals surface area contributed by atoms with Gasteiger partial charge in [-0.05, 0) is 23.8 Å². The Hall–Kier alpha value is -1.81. The number of hydrogen-bond donors (Lipinski definition) is 2. The Kier molecular flexibility index (Phi) is 3.22. The van der Waals surface area contributed by atoms with Gasteiger partial charge in [-0.25, -0.2) is 0 Å². The van der Waals surface area contributed by atoms with E-state index in [0.717, 1.165) is 16.9 Å². The lowest BCUT2D eigenvalue weighted by Crippen LogP contribution is -2.12. The van der Waals surface area contributed by atoms with Crippen LogP contribution >= 0.6 is 11.6 Å². The number of carbonyl (C=O) groups is 1. The van der Waals surface area contributed by atoms with Crippen molar-refractivity contribution >= 4 is 23.2 Å². The van der Waals surface area contributed by atoms with Crippen molar-refractivity contribution in [2.45, 2.75) is 0 Å². The molecule has 0 unspecified atom stereocenters. The third-order valence-electron chi connectivity index (χ3n) is 2.10. The van der Waals surface area contributed by atoms with Crippen molar-refractivity contribution in [1.29, 1.82) is 0 Å². The summed E-state index contributed by atoms with van der Waals surface area (Å²) in [6, 6.07) is 9.32. The quantitative estimate of drug-likeness (QED) is 0.802. The molecule has 1 heterocycles. The van der Waals surface area contributed by atoms with Gasteiger partial charge in [0.15, 0.2) is 0 Å². The Labute approximate surface area is 97.6 Å². The van der Waals surface area contributed by atoms with Crippen LogP contribution in [0.1, 0.15) is 0 Å². The Balaban J connectivity index is 2.14. The minimum absolute atomic E-state index is 0.0394. The second-order valence-electron chi connectivity index (χ2n) is 3.23. The van der Waals surface area contributed by atoms with Gasteiger partial charge < -0.3 is 5.32 Å². The zero-order chi connectivity index (χ0) is 11.4. The molecule has 1 amide bonds. The number of alkyl halides is 1. The third kappa shape index (κ3) is 2.41. The van der Waals surface area contributed by atoms with Crippen LogP contribution in [-0.4, -0.2) is 22.0 Å². The van der Waals surface area contributed by atoms with E-state index in [9.17, 15) is 4.79 Å². The summed E-state index contributed by atoms with van der Waals surface area (Å²) in [6.45, 7) is 0. The summed E-state index contributed by atoms with van der Waals surface area (Å²) in [5.41, 5.74) is 2.69. The van der Waals surface area contributed by atoms with Crippen molar-refractivity contribution in [2.24, 2.45) is 0 Å². The molecule has 82 valence electrons. The molecule has 5 heteroatoms. The molecule has 0 atom stereocenters. The van der Waals surface area contributed by atoms with E-state index in [-0.39, 0.29) is 11.8 Å². The molecule has 0 fully saturated rings.